The predicted octanol–water partition coefficient (Wildman–Crippen LogP) is 4.03. The molecule has 1 amide bonds. The molecular formula is C16H13ClF2N2O. The fourth-order valence-electron chi connectivity index (χ4n) is 1.97. The van der Waals surface area contributed by atoms with Crippen LogP contribution in [-0.4, -0.2) is 12.5 Å². The molecule has 0 atom stereocenters. The highest BCUT2D eigenvalue weighted by molar-refractivity contribution is 6.34. The zero-order chi connectivity index (χ0) is 16.3. The monoisotopic (exact) mass is 322 g/mol. The van der Waals surface area contributed by atoms with E-state index in [2.05, 4.69) is 6.58 Å². The lowest BCUT2D eigenvalue weighted by atomic mass is 10.1. The van der Waals surface area contributed by atoms with Gasteiger partial charge in [0.05, 0.1) is 16.3 Å². The minimum Gasteiger partial charge on any atom is -0.399 e. The van der Waals surface area contributed by atoms with E-state index in [4.69, 9.17) is 17.3 Å². The number of rotatable bonds is 4. The molecule has 2 rings (SSSR count). The summed E-state index contributed by atoms with van der Waals surface area (Å²) < 4.78 is 27.0. The van der Waals surface area contributed by atoms with E-state index >= 15 is 0 Å². The molecule has 0 heterocycles. The highest BCUT2D eigenvalue weighted by Crippen LogP contribution is 2.26. The Bertz CT molecular complexity index is 734. The first-order valence-corrected chi connectivity index (χ1v) is 6.74. The number of hydrogen-bond acceptors (Lipinski definition) is 2. The van der Waals surface area contributed by atoms with E-state index in [1.54, 1.807) is 6.07 Å². The van der Waals surface area contributed by atoms with Crippen LogP contribution < -0.4 is 10.6 Å². The van der Waals surface area contributed by atoms with Gasteiger partial charge in [0.15, 0.2) is 0 Å². The number of nitrogen functional groups attached to an aromatic ring is 1. The van der Waals surface area contributed by atoms with Crippen molar-refractivity contribution in [2.45, 2.75) is 0 Å². The number of hydrogen-bond donors (Lipinski definition) is 1. The van der Waals surface area contributed by atoms with Crippen LogP contribution in [0.4, 0.5) is 20.2 Å². The van der Waals surface area contributed by atoms with Crippen LogP contribution in [0.2, 0.25) is 5.02 Å². The highest BCUT2D eigenvalue weighted by Gasteiger charge is 2.22. The molecule has 114 valence electrons. The number of halogens is 3. The second-order valence-corrected chi connectivity index (χ2v) is 4.95. The van der Waals surface area contributed by atoms with Gasteiger partial charge in [-0.1, -0.05) is 17.7 Å². The number of carbonyl (C=O) groups excluding carboxylic acids is 1. The van der Waals surface area contributed by atoms with E-state index in [-0.39, 0.29) is 22.8 Å². The topological polar surface area (TPSA) is 46.3 Å². The van der Waals surface area contributed by atoms with Gasteiger partial charge >= 0.3 is 0 Å². The molecule has 0 spiro atoms. The van der Waals surface area contributed by atoms with Crippen LogP contribution in [0.25, 0.3) is 0 Å². The Morgan fingerprint density at radius 2 is 2.00 bits per heavy atom. The van der Waals surface area contributed by atoms with E-state index in [0.717, 1.165) is 11.0 Å². The molecule has 2 aromatic rings. The van der Waals surface area contributed by atoms with Crippen molar-refractivity contribution in [3.63, 3.8) is 0 Å². The lowest BCUT2D eigenvalue weighted by Crippen LogP contribution is -2.32. The number of nitrogens with two attached hydrogens (primary N) is 1. The largest absolute Gasteiger partial charge is 0.399 e. The molecule has 0 saturated carbocycles. The van der Waals surface area contributed by atoms with Crippen molar-refractivity contribution in [2.75, 3.05) is 17.2 Å². The van der Waals surface area contributed by atoms with Crippen LogP contribution in [0, 0.1) is 11.6 Å². The molecule has 0 unspecified atom stereocenters. The number of benzene rings is 2. The average molecular weight is 323 g/mol. The Labute approximate surface area is 131 Å². The lowest BCUT2D eigenvalue weighted by molar-refractivity contribution is 0.0989. The van der Waals surface area contributed by atoms with Gasteiger partial charge < -0.3 is 10.6 Å². The quantitative estimate of drug-likeness (QED) is 0.682. The predicted molar refractivity (Wildman–Crippen MR) is 84.1 cm³/mol. The van der Waals surface area contributed by atoms with E-state index in [1.807, 2.05) is 0 Å². The summed E-state index contributed by atoms with van der Waals surface area (Å²) in [5.74, 6) is -2.13. The number of anilines is 2. The zero-order valence-electron chi connectivity index (χ0n) is 11.5. The van der Waals surface area contributed by atoms with Crippen molar-refractivity contribution in [1.29, 1.82) is 0 Å². The first kappa shape index (κ1) is 16.0. The van der Waals surface area contributed by atoms with Crippen LogP contribution >= 0.6 is 11.6 Å². The molecule has 0 aliphatic carbocycles. The van der Waals surface area contributed by atoms with Gasteiger partial charge in [-0.25, -0.2) is 8.78 Å². The summed E-state index contributed by atoms with van der Waals surface area (Å²) in [5.41, 5.74) is 6.07. The fraction of sp³-hybridized carbons (Fsp3) is 0.0625. The molecule has 3 nitrogen and oxygen atoms in total. The summed E-state index contributed by atoms with van der Waals surface area (Å²) >= 11 is 6.01. The molecule has 22 heavy (non-hydrogen) atoms. The van der Waals surface area contributed by atoms with Crippen LogP contribution in [0.15, 0.2) is 49.1 Å². The molecule has 0 bridgehead atoms. The minimum atomic E-state index is -0.852. The third-order valence-electron chi connectivity index (χ3n) is 2.98. The van der Waals surface area contributed by atoms with Crippen molar-refractivity contribution in [2.24, 2.45) is 0 Å². The van der Waals surface area contributed by atoms with Crippen LogP contribution in [0.5, 0.6) is 0 Å². The van der Waals surface area contributed by atoms with Gasteiger partial charge in [-0.2, -0.15) is 0 Å². The second-order valence-electron chi connectivity index (χ2n) is 4.54. The van der Waals surface area contributed by atoms with E-state index in [9.17, 15) is 13.6 Å². The number of carbonyl (C=O) groups is 1. The molecule has 0 radical (unpaired) electrons. The maximum Gasteiger partial charge on any atom is 0.260 e. The lowest BCUT2D eigenvalue weighted by Gasteiger charge is -2.22. The molecule has 2 aromatic carbocycles. The number of amides is 1. The maximum atomic E-state index is 14.0. The zero-order valence-corrected chi connectivity index (χ0v) is 12.3. The van der Waals surface area contributed by atoms with Gasteiger partial charge in [-0.05, 0) is 30.3 Å². The van der Waals surface area contributed by atoms with Crippen molar-refractivity contribution in [3.8, 4) is 0 Å². The molecule has 0 saturated heterocycles. The SMILES string of the molecule is C=CCN(C(=O)c1cc(N)ccc1Cl)c1ccc(F)cc1F. The molecule has 0 fully saturated rings. The highest BCUT2D eigenvalue weighted by atomic mass is 35.5. The standard InChI is InChI=1S/C16H13ClF2N2O/c1-2-7-21(15-6-3-10(18)8-14(15)19)16(22)12-9-11(20)4-5-13(12)17/h2-6,8-9H,1,7,20H2. The summed E-state index contributed by atoms with van der Waals surface area (Å²) in [7, 11) is 0. The molecule has 0 aliphatic rings. The van der Waals surface area contributed by atoms with Crippen LogP contribution in [-0.2, 0) is 0 Å². The van der Waals surface area contributed by atoms with Gasteiger partial charge in [-0.15, -0.1) is 6.58 Å². The summed E-state index contributed by atoms with van der Waals surface area (Å²) in [4.78, 5) is 13.7. The Morgan fingerprint density at radius 1 is 1.27 bits per heavy atom. The minimum absolute atomic E-state index is 0.0342. The molecule has 0 aromatic heterocycles. The molecule has 0 aliphatic heterocycles. The van der Waals surface area contributed by atoms with E-state index < -0.39 is 17.5 Å². The van der Waals surface area contributed by atoms with Gasteiger partial charge in [0.2, 0.25) is 0 Å². The average Bonchev–Trinajstić information content (AvgIpc) is 2.47. The molecular weight excluding hydrogens is 310 g/mol. The summed E-state index contributed by atoms with van der Waals surface area (Å²) in [6, 6.07) is 7.41. The Morgan fingerprint density at radius 3 is 2.64 bits per heavy atom. The first-order valence-electron chi connectivity index (χ1n) is 6.37. The fourth-order valence-corrected chi connectivity index (χ4v) is 2.17. The van der Waals surface area contributed by atoms with Crippen molar-refractivity contribution in [3.05, 3.63) is 71.3 Å². The van der Waals surface area contributed by atoms with Crippen LogP contribution in [0.1, 0.15) is 10.4 Å². The number of nitrogens with zero attached hydrogens (tertiary/aromatic N) is 1. The maximum absolute atomic E-state index is 14.0. The third-order valence-corrected chi connectivity index (χ3v) is 3.31. The normalized spacial score (nSPS) is 10.3. The first-order chi connectivity index (χ1) is 10.4. The molecule has 6 heteroatoms. The van der Waals surface area contributed by atoms with Gasteiger partial charge in [0.1, 0.15) is 11.6 Å². The van der Waals surface area contributed by atoms with Gasteiger partial charge in [0.25, 0.3) is 5.91 Å². The van der Waals surface area contributed by atoms with E-state index in [0.29, 0.717) is 11.8 Å². The van der Waals surface area contributed by atoms with Gasteiger partial charge in [0, 0.05) is 18.3 Å². The Hall–Kier alpha value is -2.40. The summed E-state index contributed by atoms with van der Waals surface area (Å²) in [6.07, 6.45) is 1.43. The Kier molecular flexibility index (Phi) is 4.78. The third kappa shape index (κ3) is 3.26. The van der Waals surface area contributed by atoms with Crippen molar-refractivity contribution < 1.29 is 13.6 Å². The summed E-state index contributed by atoms with van der Waals surface area (Å²) in [5, 5.41) is 0.191. The molecule has 2 N–H and O–H groups in total. The summed E-state index contributed by atoms with van der Waals surface area (Å²) in [6.45, 7) is 3.58. The van der Waals surface area contributed by atoms with Crippen molar-refractivity contribution >= 4 is 28.9 Å². The van der Waals surface area contributed by atoms with E-state index in [1.165, 1.54) is 24.3 Å². The van der Waals surface area contributed by atoms with Crippen LogP contribution in [0.3, 0.4) is 0 Å². The van der Waals surface area contributed by atoms with Crippen molar-refractivity contribution in [1.82, 2.24) is 0 Å². The smallest absolute Gasteiger partial charge is 0.260 e. The Balaban J connectivity index is 2.49. The van der Waals surface area contributed by atoms with Gasteiger partial charge in [-0.3, -0.25) is 4.79 Å². The second kappa shape index (κ2) is 6.58.